The minimum atomic E-state index is -0.501. The highest BCUT2D eigenvalue weighted by atomic mass is 16.3. The van der Waals surface area contributed by atoms with Crippen molar-refractivity contribution in [3.63, 3.8) is 0 Å². The third kappa shape index (κ3) is 2.96. The number of carbonyl (C=O) groups is 1. The van der Waals surface area contributed by atoms with Gasteiger partial charge in [0.25, 0.3) is 5.91 Å². The minimum absolute atomic E-state index is 0.0283. The largest absolute Gasteiger partial charge is 0.389 e. The van der Waals surface area contributed by atoms with Crippen LogP contribution in [0.15, 0.2) is 42.5 Å². The van der Waals surface area contributed by atoms with Gasteiger partial charge in [0.15, 0.2) is 0 Å². The zero-order valence-electron chi connectivity index (χ0n) is 14.7. The average molecular weight is 336 g/mol. The molecule has 0 saturated carbocycles. The van der Waals surface area contributed by atoms with Gasteiger partial charge in [0, 0.05) is 31.1 Å². The lowest BCUT2D eigenvalue weighted by molar-refractivity contribution is 0.0951. The number of hydrogen-bond acceptors (Lipinski definition) is 3. The van der Waals surface area contributed by atoms with E-state index in [0.717, 1.165) is 41.9 Å². The van der Waals surface area contributed by atoms with E-state index in [4.69, 9.17) is 0 Å². The maximum atomic E-state index is 12.6. The van der Waals surface area contributed by atoms with Gasteiger partial charge in [-0.2, -0.15) is 0 Å². The fourth-order valence-corrected chi connectivity index (χ4v) is 4.20. The molecule has 1 amide bonds. The standard InChI is InChI=1S/C21H24N2O2/c1-13(24)14-4-3-5-15(8-14)16-6-7-18-19(9-16)21(25)22-10-17-11-23(2)12-20(17)18/h3-9,13,17,20,24H,10-12H2,1-2H3,(H,22,25)/t13-,17-,20-/m0/s1. The number of rotatable bonds is 2. The summed E-state index contributed by atoms with van der Waals surface area (Å²) in [6, 6.07) is 14.1. The SMILES string of the molecule is C[C@H](O)c1cccc(-c2ccc3c(c2)C(=O)NC[C@H]2CN(C)C[C@H]32)c1. The van der Waals surface area contributed by atoms with Crippen LogP contribution in [0.1, 0.15) is 40.4 Å². The molecule has 0 bridgehead atoms. The third-order valence-electron chi connectivity index (χ3n) is 5.55. The number of nitrogens with one attached hydrogen (secondary N) is 1. The van der Waals surface area contributed by atoms with E-state index in [1.54, 1.807) is 6.92 Å². The van der Waals surface area contributed by atoms with E-state index in [1.165, 1.54) is 5.56 Å². The van der Waals surface area contributed by atoms with Gasteiger partial charge in [0.2, 0.25) is 0 Å². The van der Waals surface area contributed by atoms with Crippen LogP contribution in [0.3, 0.4) is 0 Å². The van der Waals surface area contributed by atoms with Crippen LogP contribution in [0, 0.1) is 5.92 Å². The first-order chi connectivity index (χ1) is 12.0. The Morgan fingerprint density at radius 2 is 1.96 bits per heavy atom. The molecule has 0 aliphatic carbocycles. The summed E-state index contributed by atoms with van der Waals surface area (Å²) in [7, 11) is 2.14. The molecule has 4 nitrogen and oxygen atoms in total. The Morgan fingerprint density at radius 3 is 2.76 bits per heavy atom. The molecule has 2 aliphatic heterocycles. The molecule has 3 atom stereocenters. The summed E-state index contributed by atoms with van der Waals surface area (Å²) in [6.07, 6.45) is -0.501. The second-order valence-electron chi connectivity index (χ2n) is 7.40. The number of fused-ring (bicyclic) bond motifs is 3. The summed E-state index contributed by atoms with van der Waals surface area (Å²) in [5.74, 6) is 0.928. The number of carbonyl (C=O) groups excluding carboxylic acids is 1. The van der Waals surface area contributed by atoms with Crippen LogP contribution in [-0.4, -0.2) is 42.6 Å². The van der Waals surface area contributed by atoms with E-state index in [0.29, 0.717) is 11.8 Å². The second kappa shape index (κ2) is 6.28. The average Bonchev–Trinajstić information content (AvgIpc) is 2.94. The number of hydrogen-bond donors (Lipinski definition) is 2. The fraction of sp³-hybridized carbons (Fsp3) is 0.381. The number of amides is 1. The third-order valence-corrected chi connectivity index (χ3v) is 5.55. The molecular weight excluding hydrogens is 312 g/mol. The molecule has 2 heterocycles. The lowest BCUT2D eigenvalue weighted by atomic mass is 9.86. The van der Waals surface area contributed by atoms with E-state index >= 15 is 0 Å². The van der Waals surface area contributed by atoms with Crippen molar-refractivity contribution in [2.45, 2.75) is 18.9 Å². The van der Waals surface area contributed by atoms with Crippen molar-refractivity contribution < 1.29 is 9.90 Å². The maximum absolute atomic E-state index is 12.6. The number of likely N-dealkylation sites (tertiary alicyclic amines) is 1. The number of benzene rings is 2. The van der Waals surface area contributed by atoms with Crippen molar-refractivity contribution in [2.24, 2.45) is 5.92 Å². The van der Waals surface area contributed by atoms with Crippen molar-refractivity contribution >= 4 is 5.91 Å². The Bertz CT molecular complexity index is 815. The molecule has 0 aromatic heterocycles. The van der Waals surface area contributed by atoms with Gasteiger partial charge in [0.1, 0.15) is 0 Å². The molecule has 1 saturated heterocycles. The molecule has 0 radical (unpaired) electrons. The Labute approximate surface area is 148 Å². The quantitative estimate of drug-likeness (QED) is 0.887. The zero-order chi connectivity index (χ0) is 17.6. The number of likely N-dealkylation sites (N-methyl/N-ethyl adjacent to an activating group) is 1. The monoisotopic (exact) mass is 336 g/mol. The maximum Gasteiger partial charge on any atom is 0.251 e. The molecule has 4 rings (SSSR count). The summed E-state index contributed by atoms with van der Waals surface area (Å²) >= 11 is 0. The first-order valence-electron chi connectivity index (χ1n) is 8.92. The van der Waals surface area contributed by atoms with Crippen molar-refractivity contribution in [3.8, 4) is 11.1 Å². The van der Waals surface area contributed by atoms with Crippen molar-refractivity contribution in [1.82, 2.24) is 10.2 Å². The summed E-state index contributed by atoms with van der Waals surface area (Å²) in [5.41, 5.74) is 4.89. The first-order valence-corrected chi connectivity index (χ1v) is 8.92. The summed E-state index contributed by atoms with van der Waals surface area (Å²) in [5, 5.41) is 12.9. The Morgan fingerprint density at radius 1 is 1.16 bits per heavy atom. The van der Waals surface area contributed by atoms with Crippen LogP contribution in [0.5, 0.6) is 0 Å². The highest BCUT2D eigenvalue weighted by molar-refractivity contribution is 5.97. The summed E-state index contributed by atoms with van der Waals surface area (Å²) in [4.78, 5) is 15.0. The van der Waals surface area contributed by atoms with Crippen LogP contribution < -0.4 is 5.32 Å². The molecule has 4 heteroatoms. The predicted molar refractivity (Wildman–Crippen MR) is 98.6 cm³/mol. The van der Waals surface area contributed by atoms with E-state index in [-0.39, 0.29) is 5.91 Å². The molecule has 2 aliphatic rings. The molecule has 25 heavy (non-hydrogen) atoms. The molecule has 0 unspecified atom stereocenters. The number of aliphatic hydroxyl groups excluding tert-OH is 1. The molecule has 2 N–H and O–H groups in total. The van der Waals surface area contributed by atoms with Gasteiger partial charge in [-0.05, 0) is 54.3 Å². The van der Waals surface area contributed by atoms with Crippen LogP contribution in [0.4, 0.5) is 0 Å². The normalized spacial score (nSPS) is 24.2. The second-order valence-corrected chi connectivity index (χ2v) is 7.40. The van der Waals surface area contributed by atoms with E-state index in [2.05, 4.69) is 29.4 Å². The minimum Gasteiger partial charge on any atom is -0.389 e. The summed E-state index contributed by atoms with van der Waals surface area (Å²) < 4.78 is 0. The first kappa shape index (κ1) is 16.3. The number of nitrogens with zero attached hydrogens (tertiary/aromatic N) is 1. The zero-order valence-corrected chi connectivity index (χ0v) is 14.7. The van der Waals surface area contributed by atoms with Gasteiger partial charge in [-0.25, -0.2) is 0 Å². The molecule has 130 valence electrons. The van der Waals surface area contributed by atoms with Crippen LogP contribution in [0.25, 0.3) is 11.1 Å². The Balaban J connectivity index is 1.77. The molecule has 2 aromatic carbocycles. The van der Waals surface area contributed by atoms with E-state index in [9.17, 15) is 9.90 Å². The van der Waals surface area contributed by atoms with Gasteiger partial charge in [-0.3, -0.25) is 4.79 Å². The molecule has 1 fully saturated rings. The van der Waals surface area contributed by atoms with E-state index < -0.39 is 6.10 Å². The highest BCUT2D eigenvalue weighted by Gasteiger charge is 2.36. The van der Waals surface area contributed by atoms with Crippen LogP contribution >= 0.6 is 0 Å². The lowest BCUT2D eigenvalue weighted by Crippen LogP contribution is -2.29. The van der Waals surface area contributed by atoms with Gasteiger partial charge in [-0.1, -0.05) is 30.3 Å². The van der Waals surface area contributed by atoms with Crippen molar-refractivity contribution in [2.75, 3.05) is 26.7 Å². The van der Waals surface area contributed by atoms with Crippen LogP contribution in [-0.2, 0) is 0 Å². The predicted octanol–water partition coefficient (Wildman–Crippen LogP) is 2.80. The van der Waals surface area contributed by atoms with Gasteiger partial charge in [0.05, 0.1) is 6.10 Å². The topological polar surface area (TPSA) is 52.6 Å². The molecule has 0 spiro atoms. The fourth-order valence-electron chi connectivity index (χ4n) is 4.20. The summed E-state index contributed by atoms with van der Waals surface area (Å²) in [6.45, 7) is 4.54. The van der Waals surface area contributed by atoms with Crippen molar-refractivity contribution in [3.05, 3.63) is 59.2 Å². The van der Waals surface area contributed by atoms with Gasteiger partial charge < -0.3 is 15.3 Å². The molecular formula is C21H24N2O2. The lowest BCUT2D eigenvalue weighted by Gasteiger charge is -2.17. The number of aliphatic hydroxyl groups is 1. The van der Waals surface area contributed by atoms with Crippen LogP contribution in [0.2, 0.25) is 0 Å². The highest BCUT2D eigenvalue weighted by Crippen LogP contribution is 2.37. The smallest absolute Gasteiger partial charge is 0.251 e. The molecule has 2 aromatic rings. The van der Waals surface area contributed by atoms with Gasteiger partial charge >= 0.3 is 0 Å². The van der Waals surface area contributed by atoms with Crippen molar-refractivity contribution in [1.29, 1.82) is 0 Å². The van der Waals surface area contributed by atoms with Gasteiger partial charge in [-0.15, -0.1) is 0 Å². The Kier molecular flexibility index (Phi) is 4.10. The Hall–Kier alpha value is -2.17. The van der Waals surface area contributed by atoms with E-state index in [1.807, 2.05) is 30.3 Å².